The van der Waals surface area contributed by atoms with Gasteiger partial charge in [-0.15, -0.1) is 0 Å². The van der Waals surface area contributed by atoms with Gasteiger partial charge in [-0.05, 0) is 44.9 Å². The van der Waals surface area contributed by atoms with Crippen LogP contribution < -0.4 is 0 Å². The second kappa shape index (κ2) is 5.92. The van der Waals surface area contributed by atoms with E-state index in [1.165, 1.54) is 6.26 Å². The number of amides is 1. The van der Waals surface area contributed by atoms with Gasteiger partial charge in [-0.1, -0.05) is 6.08 Å². The fourth-order valence-electron chi connectivity index (χ4n) is 2.73. The molecule has 1 amide bonds. The highest BCUT2D eigenvalue weighted by Crippen LogP contribution is 2.33. The Bertz CT molecular complexity index is 818. The summed E-state index contributed by atoms with van der Waals surface area (Å²) in [6.07, 6.45) is 3.43. The number of halogens is 2. The van der Waals surface area contributed by atoms with Crippen LogP contribution in [-0.4, -0.2) is 29.7 Å². The third kappa shape index (κ3) is 3.13. The Morgan fingerprint density at radius 3 is 2.67 bits per heavy atom. The van der Waals surface area contributed by atoms with E-state index in [4.69, 9.17) is 9.15 Å². The topological polar surface area (TPSA) is 42.7 Å². The molecule has 0 unspecified atom stereocenters. The Labute approximate surface area is 138 Å². The normalized spacial score (nSPS) is 15.5. The molecule has 0 spiro atoms. The van der Waals surface area contributed by atoms with Gasteiger partial charge in [0.05, 0.1) is 11.6 Å². The molecule has 0 saturated heterocycles. The maximum absolute atomic E-state index is 14.1. The van der Waals surface area contributed by atoms with Crippen molar-refractivity contribution in [2.24, 2.45) is 0 Å². The van der Waals surface area contributed by atoms with E-state index in [2.05, 4.69) is 0 Å². The molecule has 6 heteroatoms. The highest BCUT2D eigenvalue weighted by Gasteiger charge is 2.26. The fourth-order valence-corrected chi connectivity index (χ4v) is 2.73. The van der Waals surface area contributed by atoms with Gasteiger partial charge in [0.25, 0.3) is 0 Å². The van der Waals surface area contributed by atoms with Crippen LogP contribution in [0.2, 0.25) is 0 Å². The fraction of sp³-hybridized carbons (Fsp3) is 0.389. The summed E-state index contributed by atoms with van der Waals surface area (Å²) in [5.41, 5.74) is 0.488. The van der Waals surface area contributed by atoms with Crippen LogP contribution in [0.5, 0.6) is 0 Å². The number of furan rings is 1. The minimum Gasteiger partial charge on any atom is -0.460 e. The monoisotopic (exact) mass is 335 g/mol. The number of carbonyl (C=O) groups excluding carboxylic acids is 1. The van der Waals surface area contributed by atoms with E-state index in [1.54, 1.807) is 25.7 Å². The van der Waals surface area contributed by atoms with E-state index >= 15 is 0 Å². The van der Waals surface area contributed by atoms with Crippen LogP contribution in [0.4, 0.5) is 13.6 Å². The maximum Gasteiger partial charge on any atom is 0.410 e. The standard InChI is InChI=1S/C18H19F2NO3/c1-18(2,3)24-17(22)21-8-4-5-11(9-21)12-10-23-16-14(20)7-6-13(19)15(12)16/h5-7,10H,4,8-9H2,1-3H3. The average molecular weight is 335 g/mol. The van der Waals surface area contributed by atoms with E-state index in [0.29, 0.717) is 18.5 Å². The maximum atomic E-state index is 14.1. The molecule has 4 nitrogen and oxygen atoms in total. The molecule has 0 atom stereocenters. The van der Waals surface area contributed by atoms with Gasteiger partial charge in [0.1, 0.15) is 11.4 Å². The number of benzene rings is 1. The minimum absolute atomic E-state index is 0.104. The molecule has 0 bridgehead atoms. The number of nitrogens with zero attached hydrogens (tertiary/aromatic N) is 1. The molecule has 1 aromatic heterocycles. The molecule has 128 valence electrons. The summed E-state index contributed by atoms with van der Waals surface area (Å²) in [5, 5.41) is 0.104. The number of fused-ring (bicyclic) bond motifs is 1. The Morgan fingerprint density at radius 1 is 1.25 bits per heavy atom. The first kappa shape index (κ1) is 16.5. The summed E-state index contributed by atoms with van der Waals surface area (Å²) in [4.78, 5) is 13.8. The Balaban J connectivity index is 1.90. The average Bonchev–Trinajstić information content (AvgIpc) is 2.96. The summed E-state index contributed by atoms with van der Waals surface area (Å²) in [6, 6.07) is 2.11. The lowest BCUT2D eigenvalue weighted by Crippen LogP contribution is -2.39. The van der Waals surface area contributed by atoms with Gasteiger partial charge in [0, 0.05) is 18.7 Å². The van der Waals surface area contributed by atoms with Gasteiger partial charge < -0.3 is 14.1 Å². The lowest BCUT2D eigenvalue weighted by atomic mass is 10.0. The van der Waals surface area contributed by atoms with Gasteiger partial charge >= 0.3 is 6.09 Å². The molecule has 0 saturated carbocycles. The molecule has 1 aromatic carbocycles. The lowest BCUT2D eigenvalue weighted by molar-refractivity contribution is 0.0273. The van der Waals surface area contributed by atoms with Crippen molar-refractivity contribution in [3.05, 3.63) is 41.7 Å². The number of hydrogen-bond acceptors (Lipinski definition) is 3. The molecular weight excluding hydrogens is 316 g/mol. The molecule has 3 rings (SSSR count). The number of rotatable bonds is 1. The molecule has 2 heterocycles. The van der Waals surface area contributed by atoms with Crippen LogP contribution in [0.25, 0.3) is 16.5 Å². The van der Waals surface area contributed by atoms with Gasteiger partial charge in [0.2, 0.25) is 0 Å². The predicted molar refractivity (Wildman–Crippen MR) is 86.5 cm³/mol. The minimum atomic E-state index is -0.613. The van der Waals surface area contributed by atoms with Crippen LogP contribution in [0.15, 0.2) is 28.9 Å². The molecule has 1 aliphatic rings. The molecule has 0 radical (unpaired) electrons. The molecule has 2 aromatic rings. The number of ether oxygens (including phenoxy) is 1. The molecule has 24 heavy (non-hydrogen) atoms. The summed E-state index contributed by atoms with van der Waals surface area (Å²) in [5.74, 6) is -1.16. The summed E-state index contributed by atoms with van der Waals surface area (Å²) < 4.78 is 38.5. The lowest BCUT2D eigenvalue weighted by Gasteiger charge is -2.30. The zero-order valence-electron chi connectivity index (χ0n) is 13.9. The Kier molecular flexibility index (Phi) is 4.07. The number of hydrogen-bond donors (Lipinski definition) is 0. The van der Waals surface area contributed by atoms with E-state index in [1.807, 2.05) is 6.08 Å². The first-order valence-electron chi connectivity index (χ1n) is 7.79. The van der Waals surface area contributed by atoms with Crippen molar-refractivity contribution in [1.82, 2.24) is 4.90 Å². The highest BCUT2D eigenvalue weighted by atomic mass is 19.1. The predicted octanol–water partition coefficient (Wildman–Crippen LogP) is 4.74. The third-order valence-corrected chi connectivity index (χ3v) is 3.77. The van der Waals surface area contributed by atoms with Crippen LogP contribution >= 0.6 is 0 Å². The largest absolute Gasteiger partial charge is 0.460 e. The summed E-state index contributed by atoms with van der Waals surface area (Å²) >= 11 is 0. The second-order valence-corrected chi connectivity index (χ2v) is 6.80. The van der Waals surface area contributed by atoms with Crippen molar-refractivity contribution in [2.75, 3.05) is 13.1 Å². The molecule has 0 N–H and O–H groups in total. The van der Waals surface area contributed by atoms with Crippen LogP contribution in [-0.2, 0) is 4.74 Å². The van der Waals surface area contributed by atoms with E-state index in [-0.39, 0.29) is 17.5 Å². The van der Waals surface area contributed by atoms with Crippen LogP contribution in [0, 0.1) is 11.6 Å². The summed E-state index contributed by atoms with van der Waals surface area (Å²) in [6.45, 7) is 6.18. The first-order chi connectivity index (χ1) is 11.3. The van der Waals surface area contributed by atoms with E-state index in [0.717, 1.165) is 17.7 Å². The van der Waals surface area contributed by atoms with Crippen LogP contribution in [0.1, 0.15) is 32.8 Å². The summed E-state index contributed by atoms with van der Waals surface area (Å²) in [7, 11) is 0. The van der Waals surface area contributed by atoms with Crippen molar-refractivity contribution in [3.8, 4) is 0 Å². The first-order valence-corrected chi connectivity index (χ1v) is 7.79. The highest BCUT2D eigenvalue weighted by molar-refractivity contribution is 5.93. The van der Waals surface area contributed by atoms with Crippen molar-refractivity contribution in [2.45, 2.75) is 32.8 Å². The van der Waals surface area contributed by atoms with Crippen LogP contribution in [0.3, 0.4) is 0 Å². The third-order valence-electron chi connectivity index (χ3n) is 3.77. The second-order valence-electron chi connectivity index (χ2n) is 6.80. The van der Waals surface area contributed by atoms with E-state index < -0.39 is 23.3 Å². The smallest absolute Gasteiger partial charge is 0.410 e. The molecule has 0 aliphatic carbocycles. The zero-order valence-corrected chi connectivity index (χ0v) is 13.9. The van der Waals surface area contributed by atoms with Crippen molar-refractivity contribution in [3.63, 3.8) is 0 Å². The zero-order chi connectivity index (χ0) is 17.5. The van der Waals surface area contributed by atoms with Crippen molar-refractivity contribution >= 4 is 22.6 Å². The number of carbonyl (C=O) groups is 1. The van der Waals surface area contributed by atoms with Gasteiger partial charge in [-0.25, -0.2) is 13.6 Å². The SMILES string of the molecule is CC(C)(C)OC(=O)N1CCC=C(c2coc3c(F)ccc(F)c23)C1. The molecule has 1 aliphatic heterocycles. The quantitative estimate of drug-likeness (QED) is 0.756. The van der Waals surface area contributed by atoms with Crippen molar-refractivity contribution < 1.29 is 22.7 Å². The van der Waals surface area contributed by atoms with E-state index in [9.17, 15) is 13.6 Å². The van der Waals surface area contributed by atoms with Gasteiger partial charge in [-0.3, -0.25) is 0 Å². The molecular formula is C18H19F2NO3. The Morgan fingerprint density at radius 2 is 1.96 bits per heavy atom. The van der Waals surface area contributed by atoms with Crippen molar-refractivity contribution in [1.29, 1.82) is 0 Å². The Hall–Kier alpha value is -2.37. The molecule has 0 fully saturated rings. The van der Waals surface area contributed by atoms with Gasteiger partial charge in [0.15, 0.2) is 11.4 Å². The van der Waals surface area contributed by atoms with Gasteiger partial charge in [-0.2, -0.15) is 0 Å².